The lowest BCUT2D eigenvalue weighted by Gasteiger charge is -2.24. The summed E-state index contributed by atoms with van der Waals surface area (Å²) in [5.74, 6) is 1.21. The Labute approximate surface area is 146 Å². The SMILES string of the molecule is COCCN(CCOC)c1ncnc(Nc2nc(C)c(C)s2)c1N. The molecule has 9 heteroatoms. The molecule has 3 N–H and O–H groups in total. The van der Waals surface area contributed by atoms with E-state index in [-0.39, 0.29) is 0 Å². The van der Waals surface area contributed by atoms with Crippen LogP contribution in [0.2, 0.25) is 0 Å². The number of hydrogen-bond acceptors (Lipinski definition) is 9. The largest absolute Gasteiger partial charge is 0.393 e. The molecule has 24 heavy (non-hydrogen) atoms. The van der Waals surface area contributed by atoms with Crippen molar-refractivity contribution in [2.75, 3.05) is 56.5 Å². The maximum atomic E-state index is 6.29. The number of nitrogen functional groups attached to an aromatic ring is 1. The van der Waals surface area contributed by atoms with Crippen molar-refractivity contribution in [2.45, 2.75) is 13.8 Å². The van der Waals surface area contributed by atoms with Gasteiger partial charge in [-0.05, 0) is 13.8 Å². The Bertz CT molecular complexity index is 636. The second-order valence-corrected chi connectivity index (χ2v) is 6.42. The number of rotatable bonds is 9. The van der Waals surface area contributed by atoms with Gasteiger partial charge in [0, 0.05) is 32.2 Å². The molecule has 0 bridgehead atoms. The maximum Gasteiger partial charge on any atom is 0.188 e. The fourth-order valence-electron chi connectivity index (χ4n) is 2.09. The van der Waals surface area contributed by atoms with Crippen LogP contribution in [-0.4, -0.2) is 55.5 Å². The molecule has 0 unspecified atom stereocenters. The smallest absolute Gasteiger partial charge is 0.188 e. The van der Waals surface area contributed by atoms with Gasteiger partial charge in [0.25, 0.3) is 0 Å². The van der Waals surface area contributed by atoms with Crippen molar-refractivity contribution >= 4 is 33.8 Å². The fourth-order valence-corrected chi connectivity index (χ4v) is 2.91. The molecule has 0 aromatic carbocycles. The lowest BCUT2D eigenvalue weighted by atomic mass is 10.3. The molecule has 0 aliphatic carbocycles. The third-order valence-electron chi connectivity index (χ3n) is 3.55. The minimum atomic E-state index is 0.482. The highest BCUT2D eigenvalue weighted by atomic mass is 32.1. The van der Waals surface area contributed by atoms with Gasteiger partial charge in [-0.15, -0.1) is 11.3 Å². The standard InChI is InChI=1S/C15H24N6O2S/c1-10-11(2)24-15(19-10)20-13-12(16)14(18-9-17-13)21(5-7-22-3)6-8-23-4/h9H,5-8,16H2,1-4H3,(H,17,18,19,20). The van der Waals surface area contributed by atoms with Crippen molar-refractivity contribution in [3.8, 4) is 0 Å². The minimum absolute atomic E-state index is 0.482. The first kappa shape index (κ1) is 18.4. The third kappa shape index (κ3) is 4.53. The lowest BCUT2D eigenvalue weighted by Crippen LogP contribution is -2.32. The molecule has 0 spiro atoms. The van der Waals surface area contributed by atoms with Crippen LogP contribution in [0.1, 0.15) is 10.6 Å². The summed E-state index contributed by atoms with van der Waals surface area (Å²) in [6.45, 7) is 6.47. The average Bonchev–Trinajstić information content (AvgIpc) is 2.88. The molecule has 0 saturated carbocycles. The van der Waals surface area contributed by atoms with Crippen LogP contribution in [-0.2, 0) is 9.47 Å². The van der Waals surface area contributed by atoms with E-state index in [1.165, 1.54) is 6.33 Å². The Balaban J connectivity index is 2.23. The first-order chi connectivity index (χ1) is 11.6. The number of aromatic nitrogens is 3. The predicted octanol–water partition coefficient (Wildman–Crippen LogP) is 1.97. The Hall–Kier alpha value is -1.97. The second-order valence-electron chi connectivity index (χ2n) is 5.22. The van der Waals surface area contributed by atoms with Crippen LogP contribution in [0.4, 0.5) is 22.5 Å². The first-order valence-electron chi connectivity index (χ1n) is 7.61. The van der Waals surface area contributed by atoms with E-state index in [1.807, 2.05) is 18.7 Å². The molecule has 0 aliphatic rings. The summed E-state index contributed by atoms with van der Waals surface area (Å²) in [5, 5.41) is 3.95. The molecule has 0 aliphatic heterocycles. The maximum absolute atomic E-state index is 6.29. The molecule has 0 saturated heterocycles. The van der Waals surface area contributed by atoms with Crippen LogP contribution < -0.4 is 16.0 Å². The molecular weight excluding hydrogens is 328 g/mol. The van der Waals surface area contributed by atoms with Gasteiger partial charge in [-0.2, -0.15) is 0 Å². The number of nitrogens with one attached hydrogen (secondary N) is 1. The van der Waals surface area contributed by atoms with E-state index in [0.717, 1.165) is 15.7 Å². The summed E-state index contributed by atoms with van der Waals surface area (Å²) < 4.78 is 10.3. The van der Waals surface area contributed by atoms with Gasteiger partial charge in [0.2, 0.25) is 0 Å². The average molecular weight is 352 g/mol. The number of methoxy groups -OCH3 is 2. The molecule has 0 atom stereocenters. The summed E-state index contributed by atoms with van der Waals surface area (Å²) in [5.41, 5.74) is 7.77. The zero-order valence-corrected chi connectivity index (χ0v) is 15.3. The number of anilines is 4. The summed E-state index contributed by atoms with van der Waals surface area (Å²) in [6.07, 6.45) is 1.49. The van der Waals surface area contributed by atoms with Crippen molar-refractivity contribution in [3.63, 3.8) is 0 Å². The van der Waals surface area contributed by atoms with Gasteiger partial charge in [-0.25, -0.2) is 15.0 Å². The molecular formula is C15H24N6O2S. The van der Waals surface area contributed by atoms with Gasteiger partial charge in [0.1, 0.15) is 12.0 Å². The van der Waals surface area contributed by atoms with E-state index in [4.69, 9.17) is 15.2 Å². The molecule has 2 aromatic rings. The highest BCUT2D eigenvalue weighted by Gasteiger charge is 2.16. The number of nitrogens with zero attached hydrogens (tertiary/aromatic N) is 4. The van der Waals surface area contributed by atoms with Gasteiger partial charge in [0.05, 0.1) is 18.9 Å². The molecule has 2 heterocycles. The van der Waals surface area contributed by atoms with Crippen LogP contribution in [0.25, 0.3) is 0 Å². The predicted molar refractivity (Wildman–Crippen MR) is 97.3 cm³/mol. The van der Waals surface area contributed by atoms with Crippen LogP contribution in [0.5, 0.6) is 0 Å². The third-order valence-corrected chi connectivity index (χ3v) is 4.54. The highest BCUT2D eigenvalue weighted by Crippen LogP contribution is 2.30. The van der Waals surface area contributed by atoms with Crippen molar-refractivity contribution < 1.29 is 9.47 Å². The van der Waals surface area contributed by atoms with Crippen LogP contribution in [0.3, 0.4) is 0 Å². The molecule has 8 nitrogen and oxygen atoms in total. The van der Waals surface area contributed by atoms with Crippen molar-refractivity contribution in [3.05, 3.63) is 16.9 Å². The monoisotopic (exact) mass is 352 g/mol. The van der Waals surface area contributed by atoms with E-state index in [0.29, 0.717) is 43.6 Å². The zero-order chi connectivity index (χ0) is 17.5. The second kappa shape index (κ2) is 8.76. The lowest BCUT2D eigenvalue weighted by molar-refractivity contribution is 0.190. The molecule has 132 valence electrons. The van der Waals surface area contributed by atoms with Crippen molar-refractivity contribution in [2.24, 2.45) is 0 Å². The van der Waals surface area contributed by atoms with E-state index in [9.17, 15) is 0 Å². The highest BCUT2D eigenvalue weighted by molar-refractivity contribution is 7.15. The molecule has 0 radical (unpaired) electrons. The van der Waals surface area contributed by atoms with Crippen LogP contribution in [0, 0.1) is 13.8 Å². The topological polar surface area (TPSA) is 98.4 Å². The summed E-state index contributed by atoms with van der Waals surface area (Å²) in [7, 11) is 3.33. The Kier molecular flexibility index (Phi) is 6.71. The van der Waals surface area contributed by atoms with Crippen molar-refractivity contribution in [1.82, 2.24) is 15.0 Å². The summed E-state index contributed by atoms with van der Waals surface area (Å²) in [6, 6.07) is 0. The molecule has 2 aromatic heterocycles. The molecule has 0 fully saturated rings. The van der Waals surface area contributed by atoms with Crippen LogP contribution >= 0.6 is 11.3 Å². The summed E-state index contributed by atoms with van der Waals surface area (Å²) >= 11 is 1.57. The van der Waals surface area contributed by atoms with E-state index in [1.54, 1.807) is 25.6 Å². The van der Waals surface area contributed by atoms with Gasteiger partial charge in [0.15, 0.2) is 16.8 Å². The normalized spacial score (nSPS) is 10.8. The first-order valence-corrected chi connectivity index (χ1v) is 8.42. The Morgan fingerprint density at radius 2 is 1.83 bits per heavy atom. The number of nitrogens with two attached hydrogens (primary N) is 1. The van der Waals surface area contributed by atoms with E-state index < -0.39 is 0 Å². The Morgan fingerprint density at radius 1 is 1.17 bits per heavy atom. The minimum Gasteiger partial charge on any atom is -0.393 e. The Morgan fingerprint density at radius 3 is 2.38 bits per heavy atom. The number of thiazole rings is 1. The van der Waals surface area contributed by atoms with Gasteiger partial charge in [-0.1, -0.05) is 0 Å². The molecule has 2 rings (SSSR count). The molecule has 0 amide bonds. The summed E-state index contributed by atoms with van der Waals surface area (Å²) in [4.78, 5) is 16.2. The fraction of sp³-hybridized carbons (Fsp3) is 0.533. The van der Waals surface area contributed by atoms with E-state index in [2.05, 4.69) is 20.3 Å². The quantitative estimate of drug-likeness (QED) is 0.707. The number of hydrogen-bond donors (Lipinski definition) is 2. The number of aryl methyl sites for hydroxylation is 2. The van der Waals surface area contributed by atoms with Gasteiger partial charge in [-0.3, -0.25) is 0 Å². The van der Waals surface area contributed by atoms with Crippen LogP contribution in [0.15, 0.2) is 6.33 Å². The van der Waals surface area contributed by atoms with E-state index >= 15 is 0 Å². The van der Waals surface area contributed by atoms with Gasteiger partial charge >= 0.3 is 0 Å². The van der Waals surface area contributed by atoms with Gasteiger partial charge < -0.3 is 25.4 Å². The zero-order valence-electron chi connectivity index (χ0n) is 14.5. The number of ether oxygens (including phenoxy) is 2. The van der Waals surface area contributed by atoms with Crippen molar-refractivity contribution in [1.29, 1.82) is 0 Å².